The van der Waals surface area contributed by atoms with Crippen LogP contribution >= 0.6 is 0 Å². The number of para-hydroxylation sites is 2. The van der Waals surface area contributed by atoms with Crippen LogP contribution in [0.5, 0.6) is 0 Å². The molecule has 9 aromatic rings. The van der Waals surface area contributed by atoms with Gasteiger partial charge in [-0.25, -0.2) is 0 Å². The summed E-state index contributed by atoms with van der Waals surface area (Å²) in [4.78, 5) is 2.32. The summed E-state index contributed by atoms with van der Waals surface area (Å²) in [7, 11) is 0. The summed E-state index contributed by atoms with van der Waals surface area (Å²) in [6, 6.07) is 65.1. The van der Waals surface area contributed by atoms with Crippen molar-refractivity contribution in [2.75, 3.05) is 4.90 Å². The van der Waals surface area contributed by atoms with Gasteiger partial charge in [-0.3, -0.25) is 4.57 Å². The maximum atomic E-state index is 6.87. The first kappa shape index (κ1) is 30.3. The second-order valence-corrected chi connectivity index (χ2v) is 14.2. The third-order valence-electron chi connectivity index (χ3n) is 10.8. The van der Waals surface area contributed by atoms with Crippen LogP contribution in [0.1, 0.15) is 25.0 Å². The van der Waals surface area contributed by atoms with E-state index in [2.05, 4.69) is 205 Å². The fraction of sp³-hybridized carbons (Fsp3) is 0.0612. The number of fused-ring (bicyclic) bond motifs is 5. The highest BCUT2D eigenvalue weighted by Gasteiger charge is 2.38. The summed E-state index contributed by atoms with van der Waals surface area (Å²) in [5.41, 5.74) is 13.8. The summed E-state index contributed by atoms with van der Waals surface area (Å²) in [5, 5.41) is 2.52. The minimum Gasteiger partial charge on any atom is -0.439 e. The van der Waals surface area contributed by atoms with Crippen LogP contribution in [0.4, 0.5) is 17.1 Å². The van der Waals surface area contributed by atoms with E-state index >= 15 is 0 Å². The van der Waals surface area contributed by atoms with Gasteiger partial charge in [0.15, 0.2) is 0 Å². The molecular weight excluding hydrogens is 633 g/mol. The fourth-order valence-electron chi connectivity index (χ4n) is 8.11. The largest absolute Gasteiger partial charge is 0.439 e. The Morgan fingerprint density at radius 1 is 0.442 bits per heavy atom. The predicted molar refractivity (Wildman–Crippen MR) is 216 cm³/mol. The highest BCUT2D eigenvalue weighted by atomic mass is 16.4. The van der Waals surface area contributed by atoms with Gasteiger partial charge in [0.05, 0.1) is 11.0 Å². The lowest BCUT2D eigenvalue weighted by atomic mass is 9.76. The van der Waals surface area contributed by atoms with E-state index in [9.17, 15) is 0 Å². The van der Waals surface area contributed by atoms with Gasteiger partial charge in [-0.15, -0.1) is 0 Å². The summed E-state index contributed by atoms with van der Waals surface area (Å²) < 4.78 is 9.20. The maximum absolute atomic E-state index is 6.87. The smallest absolute Gasteiger partial charge is 0.209 e. The Bertz CT molecular complexity index is 2630. The molecule has 0 N–H and O–H groups in total. The minimum absolute atomic E-state index is 0.213. The van der Waals surface area contributed by atoms with Gasteiger partial charge in [-0.05, 0) is 88.5 Å². The number of rotatable bonds is 6. The summed E-state index contributed by atoms with van der Waals surface area (Å²) in [6.45, 7) is 4.63. The molecule has 3 nitrogen and oxygen atoms in total. The molecule has 0 spiro atoms. The molecule has 0 bridgehead atoms. The van der Waals surface area contributed by atoms with Crippen molar-refractivity contribution >= 4 is 38.9 Å². The Labute approximate surface area is 303 Å². The summed E-state index contributed by atoms with van der Waals surface area (Å²) in [6.07, 6.45) is 0. The van der Waals surface area contributed by atoms with Gasteiger partial charge in [-0.1, -0.05) is 135 Å². The Morgan fingerprint density at radius 3 is 1.50 bits per heavy atom. The first-order valence-electron chi connectivity index (χ1n) is 17.9. The van der Waals surface area contributed by atoms with Crippen LogP contribution in [-0.2, 0) is 5.41 Å². The Balaban J connectivity index is 1.05. The van der Waals surface area contributed by atoms with Gasteiger partial charge in [0.1, 0.15) is 5.76 Å². The quantitative estimate of drug-likeness (QED) is 0.176. The van der Waals surface area contributed by atoms with E-state index in [-0.39, 0.29) is 5.41 Å². The van der Waals surface area contributed by atoms with Gasteiger partial charge in [-0.2, -0.15) is 0 Å². The van der Waals surface area contributed by atoms with E-state index in [1.807, 2.05) is 0 Å². The summed E-state index contributed by atoms with van der Waals surface area (Å²) >= 11 is 0. The second kappa shape index (κ2) is 11.8. The molecular formula is C49H36N2O. The predicted octanol–water partition coefficient (Wildman–Crippen LogP) is 13.5. The number of nitrogens with zero attached hydrogens (tertiary/aromatic N) is 2. The zero-order chi connectivity index (χ0) is 34.8. The van der Waals surface area contributed by atoms with E-state index < -0.39 is 0 Å². The van der Waals surface area contributed by atoms with Crippen molar-refractivity contribution in [2.45, 2.75) is 19.3 Å². The first-order chi connectivity index (χ1) is 25.5. The summed E-state index contributed by atoms with van der Waals surface area (Å²) in [5.74, 6) is 1.78. The normalized spacial score (nSPS) is 13.0. The highest BCUT2D eigenvalue weighted by Crippen LogP contribution is 2.49. The molecule has 10 rings (SSSR count). The highest BCUT2D eigenvalue weighted by molar-refractivity contribution is 6.11. The van der Waals surface area contributed by atoms with Crippen LogP contribution in [-0.4, -0.2) is 4.57 Å². The van der Waals surface area contributed by atoms with Gasteiger partial charge >= 0.3 is 0 Å². The van der Waals surface area contributed by atoms with Crippen molar-refractivity contribution in [1.82, 2.24) is 4.57 Å². The number of benzene rings is 7. The van der Waals surface area contributed by atoms with Crippen molar-refractivity contribution in [3.63, 3.8) is 0 Å². The lowest BCUT2D eigenvalue weighted by Gasteiger charge is -2.31. The van der Waals surface area contributed by atoms with Gasteiger partial charge in [0, 0.05) is 44.4 Å². The SMILES string of the molecule is CC1(C)c2cc(-c3ccc(N(c4ccc(-c5ccccc5)cc4)c4ccc(-c5ccccc5)cc4)cc3)oc2-n2c3ccccc3c3cccc1c32. The molecule has 2 aromatic heterocycles. The molecule has 0 unspecified atom stereocenters. The third-order valence-corrected chi connectivity index (χ3v) is 10.8. The van der Waals surface area contributed by atoms with Crippen LogP contribution in [0.2, 0.25) is 0 Å². The van der Waals surface area contributed by atoms with E-state index in [0.717, 1.165) is 34.3 Å². The molecule has 3 heteroatoms. The zero-order valence-electron chi connectivity index (χ0n) is 29.1. The van der Waals surface area contributed by atoms with Gasteiger partial charge in [0.25, 0.3) is 0 Å². The van der Waals surface area contributed by atoms with E-state index in [4.69, 9.17) is 4.42 Å². The number of anilines is 3. The Morgan fingerprint density at radius 2 is 0.923 bits per heavy atom. The number of furan rings is 1. The van der Waals surface area contributed by atoms with Crippen LogP contribution in [0, 0.1) is 0 Å². The molecule has 0 saturated carbocycles. The van der Waals surface area contributed by atoms with E-state index in [1.54, 1.807) is 0 Å². The third kappa shape index (κ3) is 4.74. The Hall–Kier alpha value is -6.58. The van der Waals surface area contributed by atoms with Crippen molar-refractivity contribution in [2.24, 2.45) is 0 Å². The number of hydrogen-bond donors (Lipinski definition) is 0. The van der Waals surface area contributed by atoms with Crippen molar-refractivity contribution < 1.29 is 4.42 Å². The van der Waals surface area contributed by atoms with Crippen molar-refractivity contribution in [3.8, 4) is 39.5 Å². The Kier molecular flexibility index (Phi) is 6.84. The van der Waals surface area contributed by atoms with E-state index in [0.29, 0.717) is 0 Å². The van der Waals surface area contributed by atoms with Gasteiger partial charge < -0.3 is 9.32 Å². The zero-order valence-corrected chi connectivity index (χ0v) is 29.1. The molecule has 7 aromatic carbocycles. The molecule has 52 heavy (non-hydrogen) atoms. The van der Waals surface area contributed by atoms with Crippen LogP contribution in [0.3, 0.4) is 0 Å². The lowest BCUT2D eigenvalue weighted by Crippen LogP contribution is -2.24. The number of hydrogen-bond acceptors (Lipinski definition) is 2. The topological polar surface area (TPSA) is 21.3 Å². The standard InChI is InChI=1S/C49H36N2O/c1-49(2)43-18-11-17-42-41-16-9-10-19-45(41)51(47(42)43)48-44(49)32-46(52-48)37-24-30-40(31-25-37)50(38-26-20-35(21-27-38)33-12-5-3-6-13-33)39-28-22-36(23-29-39)34-14-7-4-8-15-34/h3-32H,1-2H3. The molecule has 0 atom stereocenters. The first-order valence-corrected chi connectivity index (χ1v) is 17.9. The van der Waals surface area contributed by atoms with E-state index in [1.165, 1.54) is 55.2 Å². The fourth-order valence-corrected chi connectivity index (χ4v) is 8.11. The second-order valence-electron chi connectivity index (χ2n) is 14.2. The minimum atomic E-state index is -0.213. The lowest BCUT2D eigenvalue weighted by molar-refractivity contribution is 0.529. The molecule has 0 amide bonds. The average Bonchev–Trinajstić information content (AvgIpc) is 3.80. The molecule has 1 aliphatic rings. The van der Waals surface area contributed by atoms with Crippen molar-refractivity contribution in [1.29, 1.82) is 0 Å². The van der Waals surface area contributed by atoms with Gasteiger partial charge in [0.2, 0.25) is 5.88 Å². The maximum Gasteiger partial charge on any atom is 0.209 e. The molecule has 248 valence electrons. The number of aromatic nitrogens is 1. The molecule has 1 aliphatic heterocycles. The van der Waals surface area contributed by atoms with Crippen LogP contribution in [0.25, 0.3) is 61.3 Å². The molecule has 0 radical (unpaired) electrons. The van der Waals surface area contributed by atoms with Crippen LogP contribution < -0.4 is 4.90 Å². The van der Waals surface area contributed by atoms with Crippen molar-refractivity contribution in [3.05, 3.63) is 193 Å². The van der Waals surface area contributed by atoms with Crippen LogP contribution in [0.15, 0.2) is 186 Å². The molecule has 0 saturated heterocycles. The molecule has 0 fully saturated rings. The monoisotopic (exact) mass is 668 g/mol. The average molecular weight is 669 g/mol. The molecule has 0 aliphatic carbocycles. The molecule has 3 heterocycles.